The van der Waals surface area contributed by atoms with E-state index >= 15 is 0 Å². The first kappa shape index (κ1) is 21.2. The highest BCUT2D eigenvalue weighted by Crippen LogP contribution is 2.16. The number of benzene rings is 1. The summed E-state index contributed by atoms with van der Waals surface area (Å²) in [5.41, 5.74) is 0.464. The Bertz CT molecular complexity index is 930. The van der Waals surface area contributed by atoms with Crippen LogP contribution in [0.1, 0.15) is 13.3 Å². The molecular weight excluding hydrogens is 399 g/mol. The molecule has 1 aromatic heterocycles. The van der Waals surface area contributed by atoms with Gasteiger partial charge in [0.25, 0.3) is 0 Å². The number of nitrogens with one attached hydrogen (secondary N) is 2. The van der Waals surface area contributed by atoms with Gasteiger partial charge in [-0.3, -0.25) is 4.79 Å². The van der Waals surface area contributed by atoms with Crippen LogP contribution in [0.3, 0.4) is 0 Å². The molecule has 156 valence electrons. The van der Waals surface area contributed by atoms with E-state index in [1.165, 1.54) is 6.20 Å². The number of halogens is 1. The third-order valence-electron chi connectivity index (χ3n) is 4.50. The first-order valence-corrected chi connectivity index (χ1v) is 10.7. The van der Waals surface area contributed by atoms with Crippen LogP contribution in [0.2, 0.25) is 0 Å². The van der Waals surface area contributed by atoms with Gasteiger partial charge in [-0.05, 0) is 42.8 Å². The summed E-state index contributed by atoms with van der Waals surface area (Å²) in [5.74, 6) is -0.253. The second-order valence-electron chi connectivity index (χ2n) is 6.53. The number of pyridine rings is 1. The molecule has 2 heterocycles. The van der Waals surface area contributed by atoms with Crippen LogP contribution in [-0.4, -0.2) is 51.7 Å². The van der Waals surface area contributed by atoms with E-state index < -0.39 is 27.8 Å². The highest BCUT2D eigenvalue weighted by Gasteiger charge is 2.24. The summed E-state index contributed by atoms with van der Waals surface area (Å²) in [6.07, 6.45) is 1.77. The number of nitrogens with zero attached hydrogens (tertiary/aromatic N) is 2. The molecule has 0 radical (unpaired) electrons. The summed E-state index contributed by atoms with van der Waals surface area (Å²) in [5, 5.41) is 2.67. The molecule has 8 nitrogen and oxygen atoms in total. The molecule has 2 N–H and O–H groups in total. The molecule has 0 spiro atoms. The fourth-order valence-electron chi connectivity index (χ4n) is 2.86. The molecule has 0 saturated carbocycles. The molecule has 1 fully saturated rings. The maximum atomic E-state index is 13.0. The molecule has 1 aliphatic rings. The number of sulfonamides is 1. The Morgan fingerprint density at radius 3 is 2.48 bits per heavy atom. The minimum absolute atomic E-state index is 0.110. The minimum atomic E-state index is -3.96. The number of carbonyl (C=O) groups is 1. The van der Waals surface area contributed by atoms with E-state index in [1.807, 2.05) is 0 Å². The summed E-state index contributed by atoms with van der Waals surface area (Å²) in [7, 11) is -3.96. The average Bonchev–Trinajstić information content (AvgIpc) is 2.73. The van der Waals surface area contributed by atoms with Crippen molar-refractivity contribution in [2.45, 2.75) is 24.3 Å². The zero-order chi connectivity index (χ0) is 20.9. The molecule has 1 aliphatic heterocycles. The van der Waals surface area contributed by atoms with E-state index in [0.717, 1.165) is 43.2 Å². The fourth-order valence-corrected chi connectivity index (χ4v) is 4.14. The number of hydrogen-bond donors (Lipinski definition) is 2. The number of rotatable bonds is 7. The van der Waals surface area contributed by atoms with Gasteiger partial charge < -0.3 is 15.0 Å². The van der Waals surface area contributed by atoms with E-state index in [1.54, 1.807) is 19.1 Å². The second-order valence-corrected chi connectivity index (χ2v) is 8.24. The Kier molecular flexibility index (Phi) is 6.78. The van der Waals surface area contributed by atoms with Gasteiger partial charge in [-0.15, -0.1) is 0 Å². The van der Waals surface area contributed by atoms with Gasteiger partial charge in [0.1, 0.15) is 17.7 Å². The van der Waals surface area contributed by atoms with Crippen molar-refractivity contribution >= 4 is 27.4 Å². The molecule has 10 heteroatoms. The van der Waals surface area contributed by atoms with E-state index in [4.69, 9.17) is 4.74 Å². The van der Waals surface area contributed by atoms with E-state index in [9.17, 15) is 17.6 Å². The van der Waals surface area contributed by atoms with Crippen molar-refractivity contribution < 1.29 is 22.3 Å². The summed E-state index contributed by atoms with van der Waals surface area (Å²) >= 11 is 0. The Labute approximate surface area is 169 Å². The number of hydrogen-bond acceptors (Lipinski definition) is 6. The largest absolute Gasteiger partial charge is 0.378 e. The third kappa shape index (κ3) is 5.49. The van der Waals surface area contributed by atoms with Crippen molar-refractivity contribution in [3.63, 3.8) is 0 Å². The monoisotopic (exact) mass is 422 g/mol. The maximum absolute atomic E-state index is 13.0. The van der Waals surface area contributed by atoms with Crippen LogP contribution in [0, 0.1) is 5.82 Å². The van der Waals surface area contributed by atoms with Gasteiger partial charge >= 0.3 is 0 Å². The lowest BCUT2D eigenvalue weighted by Crippen LogP contribution is -2.43. The molecular formula is C19H23FN4O4S. The molecule has 2 aromatic rings. The van der Waals surface area contributed by atoms with Crippen LogP contribution >= 0.6 is 0 Å². The number of carbonyl (C=O) groups excluding carboxylic acids is 1. The van der Waals surface area contributed by atoms with E-state index in [0.29, 0.717) is 18.9 Å². The molecule has 29 heavy (non-hydrogen) atoms. The highest BCUT2D eigenvalue weighted by atomic mass is 32.2. The quantitative estimate of drug-likeness (QED) is 0.705. The Balaban J connectivity index is 1.64. The normalized spacial score (nSPS) is 15.7. The number of morpholine rings is 1. The van der Waals surface area contributed by atoms with Crippen LogP contribution in [0.5, 0.6) is 0 Å². The van der Waals surface area contributed by atoms with Gasteiger partial charge in [0.2, 0.25) is 15.9 Å². The van der Waals surface area contributed by atoms with Crippen LogP contribution in [0.25, 0.3) is 0 Å². The number of anilines is 2. The smallest absolute Gasteiger partial charge is 0.242 e. The molecule has 1 saturated heterocycles. The maximum Gasteiger partial charge on any atom is 0.242 e. The first-order valence-electron chi connectivity index (χ1n) is 9.26. The summed E-state index contributed by atoms with van der Waals surface area (Å²) in [4.78, 5) is 18.9. The lowest BCUT2D eigenvalue weighted by molar-refractivity contribution is -0.117. The van der Waals surface area contributed by atoms with Gasteiger partial charge in [-0.2, -0.15) is 4.72 Å². The second kappa shape index (κ2) is 9.29. The predicted octanol–water partition coefficient (Wildman–Crippen LogP) is 1.75. The van der Waals surface area contributed by atoms with Crippen molar-refractivity contribution in [1.29, 1.82) is 0 Å². The zero-order valence-corrected chi connectivity index (χ0v) is 16.8. The zero-order valence-electron chi connectivity index (χ0n) is 16.0. The van der Waals surface area contributed by atoms with Crippen molar-refractivity contribution in [2.75, 3.05) is 36.5 Å². The number of amides is 1. The predicted molar refractivity (Wildman–Crippen MR) is 107 cm³/mol. The van der Waals surface area contributed by atoms with Crippen LogP contribution < -0.4 is 14.9 Å². The van der Waals surface area contributed by atoms with Crippen molar-refractivity contribution in [3.05, 3.63) is 48.4 Å². The molecule has 1 unspecified atom stereocenters. The standard InChI is InChI=1S/C19H23FN4O4S/c1-2-17(23-29(26,27)16-6-3-14(20)4-7-16)19(25)22-15-5-8-18(21-13-15)24-9-11-28-12-10-24/h3-8,13,17,23H,2,9-12H2,1H3,(H,22,25). The first-order chi connectivity index (χ1) is 13.9. The lowest BCUT2D eigenvalue weighted by atomic mass is 10.2. The summed E-state index contributed by atoms with van der Waals surface area (Å²) in [6, 6.07) is 6.94. The third-order valence-corrected chi connectivity index (χ3v) is 5.98. The van der Waals surface area contributed by atoms with Gasteiger partial charge in [-0.25, -0.2) is 17.8 Å². The summed E-state index contributed by atoms with van der Waals surface area (Å²) < 4.78 is 45.6. The Hall–Kier alpha value is -2.56. The van der Waals surface area contributed by atoms with Gasteiger partial charge in [0.15, 0.2) is 0 Å². The molecule has 0 aliphatic carbocycles. The van der Waals surface area contributed by atoms with Gasteiger partial charge in [-0.1, -0.05) is 6.92 Å². The van der Waals surface area contributed by atoms with Crippen LogP contribution in [0.4, 0.5) is 15.9 Å². The van der Waals surface area contributed by atoms with Gasteiger partial charge in [0, 0.05) is 13.1 Å². The number of ether oxygens (including phenoxy) is 1. The van der Waals surface area contributed by atoms with Crippen molar-refractivity contribution in [1.82, 2.24) is 9.71 Å². The van der Waals surface area contributed by atoms with E-state index in [2.05, 4.69) is 19.9 Å². The molecule has 3 rings (SSSR count). The molecule has 1 amide bonds. The van der Waals surface area contributed by atoms with Crippen molar-refractivity contribution in [3.8, 4) is 0 Å². The lowest BCUT2D eigenvalue weighted by Gasteiger charge is -2.27. The van der Waals surface area contributed by atoms with Crippen LogP contribution in [0.15, 0.2) is 47.5 Å². The Morgan fingerprint density at radius 2 is 1.90 bits per heavy atom. The fraction of sp³-hybridized carbons (Fsp3) is 0.368. The molecule has 1 aromatic carbocycles. The van der Waals surface area contributed by atoms with Gasteiger partial charge in [0.05, 0.1) is 30.0 Å². The SMILES string of the molecule is CCC(NS(=O)(=O)c1ccc(F)cc1)C(=O)Nc1ccc(N2CCOCC2)nc1. The van der Waals surface area contributed by atoms with Crippen LogP contribution in [-0.2, 0) is 19.6 Å². The highest BCUT2D eigenvalue weighted by molar-refractivity contribution is 7.89. The topological polar surface area (TPSA) is 101 Å². The summed E-state index contributed by atoms with van der Waals surface area (Å²) in [6.45, 7) is 4.49. The Morgan fingerprint density at radius 1 is 1.21 bits per heavy atom. The molecule has 0 bridgehead atoms. The number of aromatic nitrogens is 1. The van der Waals surface area contributed by atoms with E-state index in [-0.39, 0.29) is 11.3 Å². The van der Waals surface area contributed by atoms with Crippen molar-refractivity contribution in [2.24, 2.45) is 0 Å². The average molecular weight is 422 g/mol. The minimum Gasteiger partial charge on any atom is -0.378 e. The molecule has 1 atom stereocenters.